The van der Waals surface area contributed by atoms with Crippen LogP contribution < -0.4 is 14.8 Å². The Morgan fingerprint density at radius 2 is 1.96 bits per heavy atom. The van der Waals surface area contributed by atoms with Gasteiger partial charge in [-0.2, -0.15) is 0 Å². The Morgan fingerprint density at radius 1 is 1.17 bits per heavy atom. The third-order valence-electron chi connectivity index (χ3n) is 3.15. The SMILES string of the molecule is CCCOc1c(Br)cc(CNc2ccc(Cl)cc2Cl)cc1OC. The van der Waals surface area contributed by atoms with E-state index in [1.54, 1.807) is 19.2 Å². The summed E-state index contributed by atoms with van der Waals surface area (Å²) in [4.78, 5) is 0. The van der Waals surface area contributed by atoms with Crippen molar-refractivity contribution in [2.75, 3.05) is 19.0 Å². The molecule has 0 aliphatic carbocycles. The van der Waals surface area contributed by atoms with Crippen LogP contribution in [0.2, 0.25) is 10.0 Å². The first kappa shape index (κ1) is 18.2. The number of hydrogen-bond acceptors (Lipinski definition) is 3. The lowest BCUT2D eigenvalue weighted by Gasteiger charge is -2.15. The number of halogens is 3. The van der Waals surface area contributed by atoms with Crippen molar-refractivity contribution in [2.45, 2.75) is 19.9 Å². The van der Waals surface area contributed by atoms with E-state index in [0.29, 0.717) is 28.9 Å². The summed E-state index contributed by atoms with van der Waals surface area (Å²) in [5, 5.41) is 4.49. The molecular weight excluding hydrogens is 401 g/mol. The summed E-state index contributed by atoms with van der Waals surface area (Å²) < 4.78 is 12.0. The lowest BCUT2D eigenvalue weighted by atomic mass is 10.2. The summed E-state index contributed by atoms with van der Waals surface area (Å²) in [5.41, 5.74) is 1.88. The van der Waals surface area contributed by atoms with E-state index in [2.05, 4.69) is 28.2 Å². The summed E-state index contributed by atoms with van der Waals surface area (Å²) >= 11 is 15.6. The fraction of sp³-hybridized carbons (Fsp3) is 0.294. The molecule has 0 amide bonds. The van der Waals surface area contributed by atoms with Crippen LogP contribution in [0.3, 0.4) is 0 Å². The highest BCUT2D eigenvalue weighted by Crippen LogP contribution is 2.37. The van der Waals surface area contributed by atoms with Gasteiger partial charge in [-0.3, -0.25) is 0 Å². The largest absolute Gasteiger partial charge is 0.493 e. The van der Waals surface area contributed by atoms with E-state index in [0.717, 1.165) is 27.9 Å². The summed E-state index contributed by atoms with van der Waals surface area (Å²) in [6, 6.07) is 9.32. The van der Waals surface area contributed by atoms with Gasteiger partial charge in [0.2, 0.25) is 0 Å². The van der Waals surface area contributed by atoms with Crippen molar-refractivity contribution in [3.63, 3.8) is 0 Å². The number of hydrogen-bond donors (Lipinski definition) is 1. The maximum absolute atomic E-state index is 6.17. The molecule has 0 spiro atoms. The summed E-state index contributed by atoms with van der Waals surface area (Å²) in [6.07, 6.45) is 0.938. The van der Waals surface area contributed by atoms with E-state index < -0.39 is 0 Å². The normalized spacial score (nSPS) is 10.5. The molecule has 124 valence electrons. The molecule has 0 aromatic heterocycles. The van der Waals surface area contributed by atoms with E-state index in [4.69, 9.17) is 32.7 Å². The summed E-state index contributed by atoms with van der Waals surface area (Å²) in [7, 11) is 1.63. The smallest absolute Gasteiger partial charge is 0.175 e. The lowest BCUT2D eigenvalue weighted by Crippen LogP contribution is -2.03. The van der Waals surface area contributed by atoms with Crippen LogP contribution in [0.5, 0.6) is 11.5 Å². The van der Waals surface area contributed by atoms with Crippen molar-refractivity contribution in [3.05, 3.63) is 50.4 Å². The van der Waals surface area contributed by atoms with Crippen LogP contribution in [0.1, 0.15) is 18.9 Å². The molecule has 1 N–H and O–H groups in total. The van der Waals surface area contributed by atoms with E-state index in [1.807, 2.05) is 18.2 Å². The van der Waals surface area contributed by atoms with Gasteiger partial charge in [-0.15, -0.1) is 0 Å². The van der Waals surface area contributed by atoms with Crippen LogP contribution in [0.15, 0.2) is 34.8 Å². The molecule has 2 aromatic carbocycles. The van der Waals surface area contributed by atoms with Crippen LogP contribution in [0, 0.1) is 0 Å². The number of methoxy groups -OCH3 is 1. The number of nitrogens with one attached hydrogen (secondary N) is 1. The van der Waals surface area contributed by atoms with Crippen LogP contribution in [-0.2, 0) is 6.54 Å². The highest BCUT2D eigenvalue weighted by Gasteiger charge is 2.12. The van der Waals surface area contributed by atoms with Gasteiger partial charge in [0.25, 0.3) is 0 Å². The van der Waals surface area contributed by atoms with E-state index >= 15 is 0 Å². The van der Waals surface area contributed by atoms with Gasteiger partial charge in [0, 0.05) is 11.6 Å². The maximum Gasteiger partial charge on any atom is 0.175 e. The maximum atomic E-state index is 6.17. The van der Waals surface area contributed by atoms with Gasteiger partial charge in [0.15, 0.2) is 11.5 Å². The van der Waals surface area contributed by atoms with Crippen LogP contribution in [-0.4, -0.2) is 13.7 Å². The molecule has 3 nitrogen and oxygen atoms in total. The van der Waals surface area contributed by atoms with E-state index in [-0.39, 0.29) is 0 Å². The highest BCUT2D eigenvalue weighted by atomic mass is 79.9. The van der Waals surface area contributed by atoms with Crippen LogP contribution in [0.25, 0.3) is 0 Å². The Hall–Kier alpha value is -1.10. The number of ether oxygens (including phenoxy) is 2. The average molecular weight is 419 g/mol. The van der Waals surface area contributed by atoms with E-state index in [9.17, 15) is 0 Å². The third-order valence-corrected chi connectivity index (χ3v) is 4.29. The summed E-state index contributed by atoms with van der Waals surface area (Å²) in [6.45, 7) is 3.31. The minimum atomic E-state index is 0.589. The van der Waals surface area contributed by atoms with Gasteiger partial charge in [-0.05, 0) is 58.2 Å². The molecule has 0 unspecified atom stereocenters. The lowest BCUT2D eigenvalue weighted by molar-refractivity contribution is 0.292. The van der Waals surface area contributed by atoms with Crippen LogP contribution in [0.4, 0.5) is 5.69 Å². The zero-order valence-corrected chi connectivity index (χ0v) is 16.1. The highest BCUT2D eigenvalue weighted by molar-refractivity contribution is 9.10. The molecule has 2 rings (SSSR count). The van der Waals surface area contributed by atoms with Gasteiger partial charge >= 0.3 is 0 Å². The quantitative estimate of drug-likeness (QED) is 0.583. The zero-order valence-electron chi connectivity index (χ0n) is 13.0. The number of rotatable bonds is 7. The first-order valence-corrected chi connectivity index (χ1v) is 8.78. The first-order chi connectivity index (χ1) is 11.0. The Balaban J connectivity index is 2.15. The zero-order chi connectivity index (χ0) is 16.8. The molecule has 0 saturated carbocycles. The van der Waals surface area contributed by atoms with Gasteiger partial charge in [0.05, 0.1) is 28.9 Å². The third kappa shape index (κ3) is 4.93. The van der Waals surface area contributed by atoms with Gasteiger partial charge in [0.1, 0.15) is 0 Å². The molecule has 2 aromatic rings. The van der Waals surface area contributed by atoms with Crippen molar-refractivity contribution < 1.29 is 9.47 Å². The average Bonchev–Trinajstić information content (AvgIpc) is 2.52. The molecule has 0 bridgehead atoms. The van der Waals surface area contributed by atoms with Crippen LogP contribution >= 0.6 is 39.1 Å². The Bertz CT molecular complexity index is 680. The molecule has 23 heavy (non-hydrogen) atoms. The topological polar surface area (TPSA) is 30.5 Å². The predicted octanol–water partition coefficient (Wildman–Crippen LogP) is 6.17. The molecule has 0 radical (unpaired) electrons. The number of anilines is 1. The second-order valence-corrected chi connectivity index (χ2v) is 6.63. The Labute approximate surface area is 155 Å². The number of benzene rings is 2. The second-order valence-electron chi connectivity index (χ2n) is 4.94. The van der Waals surface area contributed by atoms with Gasteiger partial charge in [-0.1, -0.05) is 30.1 Å². The minimum Gasteiger partial charge on any atom is -0.493 e. The molecule has 0 aliphatic rings. The molecule has 0 aliphatic heterocycles. The van der Waals surface area contributed by atoms with E-state index in [1.165, 1.54) is 0 Å². The minimum absolute atomic E-state index is 0.589. The molecule has 0 heterocycles. The molecule has 0 saturated heterocycles. The van der Waals surface area contributed by atoms with Gasteiger partial charge < -0.3 is 14.8 Å². The predicted molar refractivity (Wildman–Crippen MR) is 100 cm³/mol. The monoisotopic (exact) mass is 417 g/mol. The second kappa shape index (κ2) is 8.67. The Morgan fingerprint density at radius 3 is 2.61 bits per heavy atom. The molecular formula is C17H18BrCl2NO2. The molecule has 0 fully saturated rings. The fourth-order valence-corrected chi connectivity index (χ4v) is 3.13. The fourth-order valence-electron chi connectivity index (χ4n) is 2.05. The molecule has 0 atom stereocenters. The van der Waals surface area contributed by atoms with Crippen molar-refractivity contribution in [2.24, 2.45) is 0 Å². The van der Waals surface area contributed by atoms with Gasteiger partial charge in [-0.25, -0.2) is 0 Å². The van der Waals surface area contributed by atoms with Crippen molar-refractivity contribution in [3.8, 4) is 11.5 Å². The summed E-state index contributed by atoms with van der Waals surface area (Å²) in [5.74, 6) is 1.43. The Kier molecular flexibility index (Phi) is 6.88. The molecule has 6 heteroatoms. The standard InChI is InChI=1S/C17H18BrCl2NO2/c1-3-6-23-17-13(18)7-11(8-16(17)22-2)10-21-15-5-4-12(19)9-14(15)20/h4-5,7-9,21H,3,6,10H2,1-2H3. The van der Waals surface area contributed by atoms with Crippen molar-refractivity contribution in [1.29, 1.82) is 0 Å². The van der Waals surface area contributed by atoms with Crippen molar-refractivity contribution >= 4 is 44.8 Å². The van der Waals surface area contributed by atoms with Crippen molar-refractivity contribution in [1.82, 2.24) is 0 Å². The first-order valence-electron chi connectivity index (χ1n) is 7.23.